The van der Waals surface area contributed by atoms with Gasteiger partial charge in [-0.05, 0) is 18.6 Å². The fraction of sp³-hybridized carbons (Fsp3) is 0.357. The van der Waals surface area contributed by atoms with Gasteiger partial charge in [0.25, 0.3) is 5.91 Å². The van der Waals surface area contributed by atoms with Crippen LogP contribution in [-0.4, -0.2) is 44.5 Å². The Labute approximate surface area is 133 Å². The molecule has 0 radical (unpaired) electrons. The van der Waals surface area contributed by atoms with Gasteiger partial charge in [-0.25, -0.2) is 13.2 Å². The third-order valence-electron chi connectivity index (χ3n) is 3.19. The number of imide groups is 1. The topological polar surface area (TPSA) is 125 Å². The molecule has 2 N–H and O–H groups in total. The van der Waals surface area contributed by atoms with E-state index >= 15 is 0 Å². The lowest BCUT2D eigenvalue weighted by atomic mass is 10.2. The second-order valence-electron chi connectivity index (χ2n) is 5.02. The number of carbonyl (C=O) groups excluding carboxylic acids is 2. The Morgan fingerprint density at radius 1 is 1.35 bits per heavy atom. The molecule has 1 aliphatic rings. The molecular formula is C14H15N3O5S. The van der Waals surface area contributed by atoms with Gasteiger partial charge in [-0.3, -0.25) is 10.1 Å². The zero-order valence-electron chi connectivity index (χ0n) is 12.1. The number of ether oxygens (including phenoxy) is 1. The fourth-order valence-electron chi connectivity index (χ4n) is 2.12. The van der Waals surface area contributed by atoms with Crippen LogP contribution in [0.4, 0.5) is 4.79 Å². The second kappa shape index (κ2) is 7.11. The van der Waals surface area contributed by atoms with Crippen LogP contribution in [0.15, 0.2) is 24.3 Å². The molecule has 122 valence electrons. The van der Waals surface area contributed by atoms with E-state index < -0.39 is 34.4 Å². The van der Waals surface area contributed by atoms with Crippen LogP contribution in [-0.2, 0) is 14.6 Å². The molecule has 0 aromatic heterocycles. The summed E-state index contributed by atoms with van der Waals surface area (Å²) in [5.41, 5.74) is 0.279. The van der Waals surface area contributed by atoms with Crippen LogP contribution in [0.2, 0.25) is 0 Å². The van der Waals surface area contributed by atoms with Crippen molar-refractivity contribution in [2.45, 2.75) is 12.5 Å². The summed E-state index contributed by atoms with van der Waals surface area (Å²) in [4.78, 5) is 23.2. The Morgan fingerprint density at radius 2 is 2.09 bits per heavy atom. The smallest absolute Gasteiger partial charge is 0.321 e. The zero-order valence-corrected chi connectivity index (χ0v) is 12.9. The Balaban J connectivity index is 1.79. The molecule has 9 heteroatoms. The SMILES string of the molecule is N#Cc1ccccc1OCC(=O)NC(=O)N[C@H]1CCS(=O)(=O)C1. The average Bonchev–Trinajstić information content (AvgIpc) is 2.84. The number of benzene rings is 1. The molecule has 1 aliphatic heterocycles. The average molecular weight is 337 g/mol. The third-order valence-corrected chi connectivity index (χ3v) is 4.95. The van der Waals surface area contributed by atoms with Gasteiger partial charge in [0.15, 0.2) is 16.4 Å². The van der Waals surface area contributed by atoms with Crippen molar-refractivity contribution in [3.05, 3.63) is 29.8 Å². The van der Waals surface area contributed by atoms with Crippen LogP contribution >= 0.6 is 0 Å². The fourth-order valence-corrected chi connectivity index (χ4v) is 3.79. The molecule has 1 atom stereocenters. The van der Waals surface area contributed by atoms with Crippen molar-refractivity contribution >= 4 is 21.8 Å². The molecule has 0 aliphatic carbocycles. The van der Waals surface area contributed by atoms with Crippen molar-refractivity contribution in [1.82, 2.24) is 10.6 Å². The summed E-state index contributed by atoms with van der Waals surface area (Å²) in [6.07, 6.45) is 0.329. The largest absolute Gasteiger partial charge is 0.482 e. The molecule has 0 saturated carbocycles. The van der Waals surface area contributed by atoms with Gasteiger partial charge < -0.3 is 10.1 Å². The van der Waals surface area contributed by atoms with Crippen molar-refractivity contribution in [2.24, 2.45) is 0 Å². The maximum atomic E-state index is 11.6. The molecule has 1 fully saturated rings. The summed E-state index contributed by atoms with van der Waals surface area (Å²) >= 11 is 0. The van der Waals surface area contributed by atoms with Crippen molar-refractivity contribution in [2.75, 3.05) is 18.1 Å². The first-order chi connectivity index (χ1) is 10.9. The van der Waals surface area contributed by atoms with Gasteiger partial charge in [0, 0.05) is 6.04 Å². The van der Waals surface area contributed by atoms with E-state index in [1.165, 1.54) is 6.07 Å². The van der Waals surface area contributed by atoms with E-state index in [4.69, 9.17) is 10.00 Å². The summed E-state index contributed by atoms with van der Waals surface area (Å²) in [5, 5.41) is 13.4. The van der Waals surface area contributed by atoms with Crippen molar-refractivity contribution in [1.29, 1.82) is 5.26 Å². The second-order valence-corrected chi connectivity index (χ2v) is 7.25. The molecule has 0 spiro atoms. The Bertz CT molecular complexity index is 754. The maximum Gasteiger partial charge on any atom is 0.321 e. The van der Waals surface area contributed by atoms with Crippen molar-refractivity contribution in [3.63, 3.8) is 0 Å². The molecular weight excluding hydrogens is 322 g/mol. The van der Waals surface area contributed by atoms with Crippen LogP contribution < -0.4 is 15.4 Å². The number of hydrogen-bond donors (Lipinski definition) is 2. The van der Waals surface area contributed by atoms with Crippen LogP contribution in [0.5, 0.6) is 5.75 Å². The molecule has 1 heterocycles. The molecule has 2 rings (SSSR count). The van der Waals surface area contributed by atoms with E-state index in [0.29, 0.717) is 6.42 Å². The highest BCUT2D eigenvalue weighted by Gasteiger charge is 2.29. The highest BCUT2D eigenvalue weighted by atomic mass is 32.2. The summed E-state index contributed by atoms with van der Waals surface area (Å²) in [5.74, 6) is -0.552. The number of rotatable bonds is 4. The van der Waals surface area contributed by atoms with E-state index in [-0.39, 0.29) is 22.8 Å². The predicted molar refractivity (Wildman–Crippen MR) is 80.4 cm³/mol. The highest BCUT2D eigenvalue weighted by molar-refractivity contribution is 7.91. The molecule has 3 amide bonds. The van der Waals surface area contributed by atoms with E-state index in [1.54, 1.807) is 18.2 Å². The number of amides is 3. The summed E-state index contributed by atoms with van der Waals surface area (Å²) < 4.78 is 27.7. The number of nitrogens with zero attached hydrogens (tertiary/aromatic N) is 1. The van der Waals surface area contributed by atoms with Gasteiger partial charge in [0.1, 0.15) is 11.8 Å². The van der Waals surface area contributed by atoms with Gasteiger partial charge in [-0.2, -0.15) is 5.26 Å². The van der Waals surface area contributed by atoms with E-state index in [2.05, 4.69) is 10.6 Å². The molecule has 8 nitrogen and oxygen atoms in total. The van der Waals surface area contributed by atoms with E-state index in [1.807, 2.05) is 6.07 Å². The third kappa shape index (κ3) is 4.96. The predicted octanol–water partition coefficient (Wildman–Crippen LogP) is -0.0500. The quantitative estimate of drug-likeness (QED) is 0.793. The lowest BCUT2D eigenvalue weighted by Crippen LogP contribution is -2.46. The van der Waals surface area contributed by atoms with Crippen LogP contribution in [0.25, 0.3) is 0 Å². The van der Waals surface area contributed by atoms with Gasteiger partial charge in [0.2, 0.25) is 0 Å². The number of carbonyl (C=O) groups is 2. The zero-order chi connectivity index (χ0) is 16.9. The molecule has 0 bridgehead atoms. The van der Waals surface area contributed by atoms with Crippen LogP contribution in [0.3, 0.4) is 0 Å². The van der Waals surface area contributed by atoms with Crippen LogP contribution in [0.1, 0.15) is 12.0 Å². The standard InChI is InChI=1S/C14H15N3O5S/c15-7-10-3-1-2-4-12(10)22-8-13(18)17-14(19)16-11-5-6-23(20,21)9-11/h1-4,11H,5-6,8-9H2,(H2,16,17,18,19)/t11-/m0/s1. The number of hydrogen-bond acceptors (Lipinski definition) is 6. The first-order valence-electron chi connectivity index (χ1n) is 6.82. The first-order valence-corrected chi connectivity index (χ1v) is 8.64. The number of sulfone groups is 1. The van der Waals surface area contributed by atoms with E-state index in [0.717, 1.165) is 0 Å². The summed E-state index contributed by atoms with van der Waals surface area (Å²) in [7, 11) is -3.11. The molecule has 0 unspecified atom stereocenters. The monoisotopic (exact) mass is 337 g/mol. The molecule has 1 aromatic carbocycles. The van der Waals surface area contributed by atoms with Gasteiger partial charge in [0.05, 0.1) is 17.1 Å². The number of para-hydroxylation sites is 1. The minimum Gasteiger partial charge on any atom is -0.482 e. The van der Waals surface area contributed by atoms with Crippen molar-refractivity contribution in [3.8, 4) is 11.8 Å². The van der Waals surface area contributed by atoms with E-state index in [9.17, 15) is 18.0 Å². The maximum absolute atomic E-state index is 11.6. The molecule has 1 aromatic rings. The first kappa shape index (κ1) is 16.8. The summed E-state index contributed by atoms with van der Waals surface area (Å²) in [6, 6.07) is 7.06. The lowest BCUT2D eigenvalue weighted by molar-refractivity contribution is -0.122. The minimum atomic E-state index is -3.11. The Morgan fingerprint density at radius 3 is 2.74 bits per heavy atom. The minimum absolute atomic E-state index is 0.0277. The van der Waals surface area contributed by atoms with Gasteiger partial charge >= 0.3 is 6.03 Å². The molecule has 1 saturated heterocycles. The highest BCUT2D eigenvalue weighted by Crippen LogP contribution is 2.16. The lowest BCUT2D eigenvalue weighted by Gasteiger charge is -2.12. The number of nitriles is 1. The van der Waals surface area contributed by atoms with Crippen LogP contribution in [0, 0.1) is 11.3 Å². The Kier molecular flexibility index (Phi) is 5.18. The molecule has 23 heavy (non-hydrogen) atoms. The van der Waals surface area contributed by atoms with Gasteiger partial charge in [-0.15, -0.1) is 0 Å². The van der Waals surface area contributed by atoms with Crippen molar-refractivity contribution < 1.29 is 22.7 Å². The summed E-state index contributed by atoms with van der Waals surface area (Å²) in [6.45, 7) is -0.435. The Hall–Kier alpha value is -2.60. The number of urea groups is 1. The number of nitrogens with one attached hydrogen (secondary N) is 2. The van der Waals surface area contributed by atoms with Gasteiger partial charge in [-0.1, -0.05) is 12.1 Å². The normalized spacial score (nSPS) is 18.7.